The molecule has 2 heterocycles. The quantitative estimate of drug-likeness (QED) is 0.858. The van der Waals surface area contributed by atoms with Gasteiger partial charge in [0.2, 0.25) is 0 Å². The van der Waals surface area contributed by atoms with E-state index >= 15 is 0 Å². The van der Waals surface area contributed by atoms with Gasteiger partial charge in [0.15, 0.2) is 0 Å². The Morgan fingerprint density at radius 1 is 1.24 bits per heavy atom. The van der Waals surface area contributed by atoms with Gasteiger partial charge in [-0.05, 0) is 53.7 Å². The fraction of sp³-hybridized carbons (Fsp3) is 0.538. The Bertz CT molecular complexity index is 423. The molecule has 2 unspecified atom stereocenters. The minimum absolute atomic E-state index is 0.377. The van der Waals surface area contributed by atoms with Crippen molar-refractivity contribution in [3.05, 3.63) is 27.7 Å². The van der Waals surface area contributed by atoms with Crippen LogP contribution in [0, 0.1) is 0 Å². The first-order valence-corrected chi connectivity index (χ1v) is 7.32. The molecule has 2 N–H and O–H groups in total. The van der Waals surface area contributed by atoms with Gasteiger partial charge in [0.1, 0.15) is 0 Å². The number of rotatable bonds is 1. The Labute approximate surface area is 115 Å². The molecule has 2 fully saturated rings. The van der Waals surface area contributed by atoms with E-state index < -0.39 is 0 Å². The fourth-order valence-corrected chi connectivity index (χ4v) is 3.94. The Hall–Kier alpha value is -0.250. The number of fused-ring (bicyclic) bond motifs is 2. The Morgan fingerprint density at radius 3 is 2.53 bits per heavy atom. The highest BCUT2D eigenvalue weighted by Crippen LogP contribution is 2.43. The average Bonchev–Trinajstić information content (AvgIpc) is 2.55. The molecule has 2 atom stereocenters. The molecule has 0 spiro atoms. The van der Waals surface area contributed by atoms with Crippen molar-refractivity contribution in [1.29, 1.82) is 0 Å². The SMILES string of the molecule is NC1CC2CCC(C1)N2c1cccc(Cl)c1Br. The van der Waals surface area contributed by atoms with Gasteiger partial charge < -0.3 is 10.6 Å². The van der Waals surface area contributed by atoms with Gasteiger partial charge in [-0.25, -0.2) is 0 Å². The lowest BCUT2D eigenvalue weighted by atomic mass is 9.97. The molecule has 0 saturated carbocycles. The van der Waals surface area contributed by atoms with Crippen LogP contribution < -0.4 is 10.6 Å². The molecule has 0 radical (unpaired) electrons. The summed E-state index contributed by atoms with van der Waals surface area (Å²) in [5.74, 6) is 0. The van der Waals surface area contributed by atoms with Crippen LogP contribution in [0.15, 0.2) is 22.7 Å². The molecule has 2 saturated heterocycles. The number of nitrogens with two attached hydrogens (primary N) is 1. The number of hydrogen-bond acceptors (Lipinski definition) is 2. The van der Waals surface area contributed by atoms with Crippen LogP contribution in [0.4, 0.5) is 5.69 Å². The van der Waals surface area contributed by atoms with Crippen LogP contribution in [0.5, 0.6) is 0 Å². The van der Waals surface area contributed by atoms with Gasteiger partial charge in [0.25, 0.3) is 0 Å². The van der Waals surface area contributed by atoms with Crippen molar-refractivity contribution in [2.45, 2.75) is 43.8 Å². The number of benzene rings is 1. The van der Waals surface area contributed by atoms with E-state index in [2.05, 4.69) is 26.9 Å². The summed E-state index contributed by atoms with van der Waals surface area (Å²) in [6.07, 6.45) is 4.74. The van der Waals surface area contributed by atoms with Gasteiger partial charge in [0, 0.05) is 18.1 Å². The van der Waals surface area contributed by atoms with E-state index in [-0.39, 0.29) is 0 Å². The normalized spacial score (nSPS) is 31.9. The molecule has 2 bridgehead atoms. The molecule has 3 rings (SSSR count). The van der Waals surface area contributed by atoms with Crippen molar-refractivity contribution in [2.75, 3.05) is 4.90 Å². The maximum atomic E-state index is 6.18. The van der Waals surface area contributed by atoms with E-state index in [1.807, 2.05) is 12.1 Å². The predicted molar refractivity (Wildman–Crippen MR) is 75.7 cm³/mol. The highest BCUT2D eigenvalue weighted by molar-refractivity contribution is 9.10. The second-order valence-electron chi connectivity index (χ2n) is 5.10. The Morgan fingerprint density at radius 2 is 1.88 bits per heavy atom. The summed E-state index contributed by atoms with van der Waals surface area (Å²) in [5.41, 5.74) is 7.33. The van der Waals surface area contributed by atoms with Crippen molar-refractivity contribution in [3.8, 4) is 0 Å². The third kappa shape index (κ3) is 1.98. The van der Waals surface area contributed by atoms with Crippen LogP contribution in [0.25, 0.3) is 0 Å². The van der Waals surface area contributed by atoms with Crippen molar-refractivity contribution >= 4 is 33.2 Å². The van der Waals surface area contributed by atoms with Crippen LogP contribution >= 0.6 is 27.5 Å². The summed E-state index contributed by atoms with van der Waals surface area (Å²) in [7, 11) is 0. The second-order valence-corrected chi connectivity index (χ2v) is 6.30. The third-order valence-corrected chi connectivity index (χ3v) is 5.36. The summed E-state index contributed by atoms with van der Waals surface area (Å²) in [6.45, 7) is 0. The molecule has 2 nitrogen and oxygen atoms in total. The van der Waals surface area contributed by atoms with Gasteiger partial charge in [0.05, 0.1) is 15.2 Å². The van der Waals surface area contributed by atoms with Gasteiger partial charge in [-0.2, -0.15) is 0 Å². The smallest absolute Gasteiger partial charge is 0.0595 e. The van der Waals surface area contributed by atoms with E-state index in [1.54, 1.807) is 0 Å². The van der Waals surface area contributed by atoms with Gasteiger partial charge >= 0.3 is 0 Å². The lowest BCUT2D eigenvalue weighted by Gasteiger charge is -2.40. The summed E-state index contributed by atoms with van der Waals surface area (Å²) < 4.78 is 1.02. The molecule has 1 aromatic carbocycles. The van der Waals surface area contributed by atoms with E-state index in [0.717, 1.165) is 22.3 Å². The molecular weight excluding hydrogens is 300 g/mol. The van der Waals surface area contributed by atoms with Crippen molar-refractivity contribution in [3.63, 3.8) is 0 Å². The highest BCUT2D eigenvalue weighted by atomic mass is 79.9. The maximum absolute atomic E-state index is 6.18. The van der Waals surface area contributed by atoms with Gasteiger partial charge in [-0.15, -0.1) is 0 Å². The topological polar surface area (TPSA) is 29.3 Å². The minimum atomic E-state index is 0.377. The zero-order chi connectivity index (χ0) is 12.0. The molecule has 4 heteroatoms. The van der Waals surface area contributed by atoms with Crippen LogP contribution in [0.3, 0.4) is 0 Å². The summed E-state index contributed by atoms with van der Waals surface area (Å²) in [5, 5.41) is 0.789. The molecule has 17 heavy (non-hydrogen) atoms. The van der Waals surface area contributed by atoms with E-state index in [1.165, 1.54) is 18.5 Å². The van der Waals surface area contributed by atoms with Crippen molar-refractivity contribution in [1.82, 2.24) is 0 Å². The Kier molecular flexibility index (Phi) is 3.09. The molecular formula is C13H16BrClN2. The van der Waals surface area contributed by atoms with Crippen LogP contribution in [-0.4, -0.2) is 18.1 Å². The van der Waals surface area contributed by atoms with E-state index in [4.69, 9.17) is 17.3 Å². The molecule has 1 aromatic rings. The predicted octanol–water partition coefficient (Wildman–Crippen LogP) is 3.56. The first kappa shape index (κ1) is 11.8. The van der Waals surface area contributed by atoms with Crippen molar-refractivity contribution in [2.24, 2.45) is 5.73 Å². The van der Waals surface area contributed by atoms with E-state index in [9.17, 15) is 0 Å². The number of halogens is 2. The first-order valence-electron chi connectivity index (χ1n) is 6.14. The number of nitrogens with zero attached hydrogens (tertiary/aromatic N) is 1. The molecule has 92 valence electrons. The standard InChI is InChI=1S/C13H16BrClN2/c14-13-11(15)2-1-3-12(13)17-9-4-5-10(17)7-8(16)6-9/h1-3,8-10H,4-7,16H2. The first-order chi connectivity index (χ1) is 8.16. The monoisotopic (exact) mass is 314 g/mol. The molecule has 2 aliphatic rings. The van der Waals surface area contributed by atoms with Gasteiger partial charge in [-0.3, -0.25) is 0 Å². The van der Waals surface area contributed by atoms with Crippen LogP contribution in [0.2, 0.25) is 5.02 Å². The van der Waals surface area contributed by atoms with Crippen LogP contribution in [-0.2, 0) is 0 Å². The van der Waals surface area contributed by atoms with Crippen LogP contribution in [0.1, 0.15) is 25.7 Å². The summed E-state index contributed by atoms with van der Waals surface area (Å²) in [6, 6.07) is 7.67. The van der Waals surface area contributed by atoms with Crippen molar-refractivity contribution < 1.29 is 0 Å². The molecule has 0 amide bonds. The third-order valence-electron chi connectivity index (χ3n) is 3.98. The maximum Gasteiger partial charge on any atom is 0.0595 e. The zero-order valence-electron chi connectivity index (χ0n) is 9.57. The highest BCUT2D eigenvalue weighted by Gasteiger charge is 2.40. The largest absolute Gasteiger partial charge is 0.364 e. The lowest BCUT2D eigenvalue weighted by Crippen LogP contribution is -2.47. The molecule has 0 aliphatic carbocycles. The average molecular weight is 316 g/mol. The lowest BCUT2D eigenvalue weighted by molar-refractivity contribution is 0.414. The Balaban J connectivity index is 1.97. The second kappa shape index (κ2) is 4.45. The summed E-state index contributed by atoms with van der Waals surface area (Å²) in [4.78, 5) is 2.53. The number of hydrogen-bond donors (Lipinski definition) is 1. The van der Waals surface area contributed by atoms with E-state index in [0.29, 0.717) is 18.1 Å². The number of anilines is 1. The summed E-state index contributed by atoms with van der Waals surface area (Å²) >= 11 is 9.79. The number of piperidine rings is 1. The molecule has 0 aromatic heterocycles. The molecule has 2 aliphatic heterocycles. The van der Waals surface area contributed by atoms with Gasteiger partial charge in [-0.1, -0.05) is 17.7 Å². The zero-order valence-corrected chi connectivity index (χ0v) is 11.9. The minimum Gasteiger partial charge on any atom is -0.364 e. The fourth-order valence-electron chi connectivity index (χ4n) is 3.30.